The van der Waals surface area contributed by atoms with Gasteiger partial charge >= 0.3 is 0 Å². The maximum atomic E-state index is 15.0. The van der Waals surface area contributed by atoms with Gasteiger partial charge in [-0.15, -0.1) is 0 Å². The van der Waals surface area contributed by atoms with Crippen LogP contribution in [0.15, 0.2) is 36.5 Å². The molecule has 5 rings (SSSR count). The Balaban J connectivity index is 1.36. The van der Waals surface area contributed by atoms with Gasteiger partial charge < -0.3 is 24.8 Å². The molecule has 0 aliphatic carbocycles. The van der Waals surface area contributed by atoms with E-state index in [0.717, 1.165) is 19.0 Å². The second-order valence-electron chi connectivity index (χ2n) is 10.6. The molecule has 212 valence electrons. The van der Waals surface area contributed by atoms with Crippen molar-refractivity contribution in [1.29, 1.82) is 0 Å². The molecule has 1 amide bonds. The van der Waals surface area contributed by atoms with E-state index < -0.39 is 17.5 Å². The van der Waals surface area contributed by atoms with E-state index in [9.17, 15) is 13.6 Å². The van der Waals surface area contributed by atoms with Gasteiger partial charge in [0.2, 0.25) is 5.95 Å². The Morgan fingerprint density at radius 1 is 1.05 bits per heavy atom. The highest BCUT2D eigenvalue weighted by Crippen LogP contribution is 2.39. The van der Waals surface area contributed by atoms with Crippen LogP contribution in [0.3, 0.4) is 0 Å². The quantitative estimate of drug-likeness (QED) is 0.456. The fourth-order valence-electron chi connectivity index (χ4n) is 5.26. The summed E-state index contributed by atoms with van der Waals surface area (Å²) in [5, 5.41) is 2.86. The molecular weight excluding hydrogens is 521 g/mol. The Morgan fingerprint density at radius 2 is 1.80 bits per heavy atom. The smallest absolute Gasteiger partial charge is 0.256 e. The Labute approximate surface area is 231 Å². The van der Waals surface area contributed by atoms with Crippen LogP contribution in [0.5, 0.6) is 5.75 Å². The van der Waals surface area contributed by atoms with E-state index in [1.165, 1.54) is 18.2 Å². The number of fused-ring (bicyclic) bond motifs is 1. The second kappa shape index (κ2) is 11.3. The van der Waals surface area contributed by atoms with Gasteiger partial charge in [-0.25, -0.2) is 23.1 Å². The van der Waals surface area contributed by atoms with Gasteiger partial charge in [0.1, 0.15) is 18.1 Å². The van der Waals surface area contributed by atoms with E-state index in [1.807, 2.05) is 32.8 Å². The fourth-order valence-corrected chi connectivity index (χ4v) is 5.26. The number of likely N-dealkylation sites (tertiary alicyclic amines) is 1. The van der Waals surface area contributed by atoms with Crippen LogP contribution in [0.4, 0.5) is 30.5 Å². The lowest BCUT2D eigenvalue weighted by atomic mass is 10.0. The first-order chi connectivity index (χ1) is 19.1. The molecule has 8 nitrogen and oxygen atoms in total. The van der Waals surface area contributed by atoms with Crippen molar-refractivity contribution in [3.8, 4) is 17.0 Å². The zero-order chi connectivity index (χ0) is 28.6. The third-order valence-corrected chi connectivity index (χ3v) is 7.49. The molecule has 0 radical (unpaired) electrons. The summed E-state index contributed by atoms with van der Waals surface area (Å²) < 4.78 is 50.4. The van der Waals surface area contributed by atoms with Crippen LogP contribution in [0.1, 0.15) is 37.0 Å². The monoisotopic (exact) mass is 554 g/mol. The van der Waals surface area contributed by atoms with Crippen molar-refractivity contribution < 1.29 is 22.7 Å². The zero-order valence-corrected chi connectivity index (χ0v) is 23.0. The van der Waals surface area contributed by atoms with Crippen LogP contribution in [-0.2, 0) is 0 Å². The van der Waals surface area contributed by atoms with Gasteiger partial charge in [-0.1, -0.05) is 0 Å². The topological polar surface area (TPSA) is 73.8 Å². The van der Waals surface area contributed by atoms with Gasteiger partial charge in [0.15, 0.2) is 17.4 Å². The van der Waals surface area contributed by atoms with Gasteiger partial charge in [0, 0.05) is 36.4 Å². The minimum absolute atomic E-state index is 0.00395. The van der Waals surface area contributed by atoms with Gasteiger partial charge in [-0.05, 0) is 71.1 Å². The summed E-state index contributed by atoms with van der Waals surface area (Å²) in [6, 6.07) is 7.46. The number of carbonyl (C=O) groups is 1. The second-order valence-corrected chi connectivity index (χ2v) is 10.6. The van der Waals surface area contributed by atoms with E-state index in [4.69, 9.17) is 4.74 Å². The van der Waals surface area contributed by atoms with E-state index in [1.54, 1.807) is 17.0 Å². The molecule has 1 saturated heterocycles. The average Bonchev–Trinajstić information content (AvgIpc) is 2.93. The van der Waals surface area contributed by atoms with Crippen LogP contribution in [0.2, 0.25) is 0 Å². The third-order valence-electron chi connectivity index (χ3n) is 7.49. The number of carbonyl (C=O) groups excluding carboxylic acids is 1. The lowest BCUT2D eigenvalue weighted by Crippen LogP contribution is -2.44. The number of aromatic nitrogens is 2. The highest BCUT2D eigenvalue weighted by molar-refractivity contribution is 5.95. The standard InChI is InChI=1S/C29H33F3N6O2/c1-17(2)38-11-12-40-27-23(31)13-18(14-25(27)38)26-24(32)16-33-29(35-26)34-19-5-6-21(22(30)15-19)28(39)37-9-7-20(8-10-37)36(3)4/h5-6,13-17,20H,7-12H2,1-4H3,(H,33,34,35). The number of nitrogens with zero attached hydrogens (tertiary/aromatic N) is 5. The summed E-state index contributed by atoms with van der Waals surface area (Å²) in [4.78, 5) is 27.0. The number of amides is 1. The molecule has 1 aromatic heterocycles. The summed E-state index contributed by atoms with van der Waals surface area (Å²) >= 11 is 0. The number of ether oxygens (including phenoxy) is 1. The minimum atomic E-state index is -0.733. The Hall–Kier alpha value is -3.86. The SMILES string of the molecule is CC(C)N1CCOc2c(F)cc(-c3nc(Nc4ccc(C(=O)N5CCC(N(C)C)CC5)c(F)c4)ncc3F)cc21. The Bertz CT molecular complexity index is 1410. The van der Waals surface area contributed by atoms with Gasteiger partial charge in [-0.3, -0.25) is 4.79 Å². The summed E-state index contributed by atoms with van der Waals surface area (Å²) in [7, 11) is 4.03. The summed E-state index contributed by atoms with van der Waals surface area (Å²) in [6.45, 7) is 6.03. The Morgan fingerprint density at radius 3 is 2.48 bits per heavy atom. The first-order valence-electron chi connectivity index (χ1n) is 13.4. The predicted molar refractivity (Wildman–Crippen MR) is 148 cm³/mol. The summed E-state index contributed by atoms with van der Waals surface area (Å²) in [5.74, 6) is -2.26. The number of benzene rings is 2. The molecule has 0 atom stereocenters. The molecule has 0 unspecified atom stereocenters. The number of nitrogens with one attached hydrogen (secondary N) is 1. The van der Waals surface area contributed by atoms with Crippen molar-refractivity contribution in [3.63, 3.8) is 0 Å². The molecule has 0 spiro atoms. The molecule has 3 heterocycles. The first-order valence-corrected chi connectivity index (χ1v) is 13.4. The van der Waals surface area contributed by atoms with Crippen molar-refractivity contribution in [2.75, 3.05) is 50.6 Å². The molecule has 0 bridgehead atoms. The van der Waals surface area contributed by atoms with E-state index in [0.29, 0.717) is 38.0 Å². The number of piperidine rings is 1. The van der Waals surface area contributed by atoms with Crippen LogP contribution in [-0.4, -0.2) is 78.1 Å². The van der Waals surface area contributed by atoms with Crippen molar-refractivity contribution in [2.24, 2.45) is 0 Å². The van der Waals surface area contributed by atoms with Crippen molar-refractivity contribution in [1.82, 2.24) is 19.8 Å². The predicted octanol–water partition coefficient (Wildman–Crippen LogP) is 5.08. The van der Waals surface area contributed by atoms with E-state index >= 15 is 4.39 Å². The highest BCUT2D eigenvalue weighted by Gasteiger charge is 2.27. The molecule has 1 N–H and O–H groups in total. The van der Waals surface area contributed by atoms with Gasteiger partial charge in [0.05, 0.1) is 24.0 Å². The van der Waals surface area contributed by atoms with Crippen molar-refractivity contribution in [2.45, 2.75) is 38.8 Å². The number of rotatable bonds is 6. The molecule has 2 aromatic carbocycles. The molecule has 2 aliphatic rings. The largest absolute Gasteiger partial charge is 0.486 e. The summed E-state index contributed by atoms with van der Waals surface area (Å²) in [6.07, 6.45) is 2.64. The zero-order valence-electron chi connectivity index (χ0n) is 23.0. The molecule has 0 saturated carbocycles. The molecule has 40 heavy (non-hydrogen) atoms. The first kappa shape index (κ1) is 27.7. The minimum Gasteiger partial charge on any atom is -0.486 e. The van der Waals surface area contributed by atoms with Crippen molar-refractivity contribution >= 4 is 23.2 Å². The van der Waals surface area contributed by atoms with Gasteiger partial charge in [-0.2, -0.15) is 0 Å². The number of hydrogen-bond donors (Lipinski definition) is 1. The lowest BCUT2D eigenvalue weighted by Gasteiger charge is -2.35. The number of anilines is 3. The van der Waals surface area contributed by atoms with Crippen LogP contribution < -0.4 is 15.0 Å². The third kappa shape index (κ3) is 5.56. The highest BCUT2D eigenvalue weighted by atomic mass is 19.1. The lowest BCUT2D eigenvalue weighted by molar-refractivity contribution is 0.0658. The van der Waals surface area contributed by atoms with Crippen LogP contribution in [0.25, 0.3) is 11.3 Å². The molecule has 3 aromatic rings. The fraction of sp³-hybridized carbons (Fsp3) is 0.414. The van der Waals surface area contributed by atoms with Crippen LogP contribution >= 0.6 is 0 Å². The van der Waals surface area contributed by atoms with E-state index in [-0.39, 0.29) is 46.2 Å². The number of hydrogen-bond acceptors (Lipinski definition) is 7. The maximum Gasteiger partial charge on any atom is 0.256 e. The maximum absolute atomic E-state index is 15.0. The van der Waals surface area contributed by atoms with E-state index in [2.05, 4.69) is 20.2 Å². The average molecular weight is 555 g/mol. The molecule has 1 fully saturated rings. The van der Waals surface area contributed by atoms with Gasteiger partial charge in [0.25, 0.3) is 5.91 Å². The normalized spacial score (nSPS) is 15.8. The molecule has 11 heteroatoms. The number of halogens is 3. The summed E-state index contributed by atoms with van der Waals surface area (Å²) in [5.41, 5.74) is 0.907. The van der Waals surface area contributed by atoms with Crippen molar-refractivity contribution in [3.05, 3.63) is 59.5 Å². The van der Waals surface area contributed by atoms with Crippen LogP contribution in [0, 0.1) is 17.5 Å². The molecule has 2 aliphatic heterocycles. The molecular formula is C29H33F3N6O2. The Kier molecular flexibility index (Phi) is 7.84.